The van der Waals surface area contributed by atoms with Gasteiger partial charge in [0.15, 0.2) is 17.3 Å². The summed E-state index contributed by atoms with van der Waals surface area (Å²) in [5.41, 5.74) is 4.00. The van der Waals surface area contributed by atoms with Crippen molar-refractivity contribution >= 4 is 17.4 Å². The molecule has 1 heterocycles. The Kier molecular flexibility index (Phi) is 5.10. The number of benzene rings is 2. The van der Waals surface area contributed by atoms with E-state index >= 15 is 0 Å². The van der Waals surface area contributed by atoms with Crippen LogP contribution in [0.1, 0.15) is 47.2 Å². The van der Waals surface area contributed by atoms with Crippen LogP contribution >= 0.6 is 0 Å². The predicted molar refractivity (Wildman–Crippen MR) is 103 cm³/mol. The molecular formula is C22H23NO4. The summed E-state index contributed by atoms with van der Waals surface area (Å²) < 4.78 is 11.0. The Bertz CT molecular complexity index is 875. The molecule has 0 aromatic heterocycles. The van der Waals surface area contributed by atoms with Gasteiger partial charge in [0.05, 0.1) is 0 Å². The van der Waals surface area contributed by atoms with Crippen LogP contribution in [0.25, 0.3) is 0 Å². The Morgan fingerprint density at radius 2 is 1.63 bits per heavy atom. The SMILES string of the molecule is O=C(CCC(=O)c1ccc2c(c1)CCCC2)Nc1ccc2c(c1)OCCO2. The Morgan fingerprint density at radius 1 is 0.852 bits per heavy atom. The minimum Gasteiger partial charge on any atom is -0.486 e. The van der Waals surface area contributed by atoms with Crippen molar-refractivity contribution in [2.75, 3.05) is 18.5 Å². The Balaban J connectivity index is 1.33. The molecule has 1 N–H and O–H groups in total. The van der Waals surface area contributed by atoms with Gasteiger partial charge >= 0.3 is 0 Å². The summed E-state index contributed by atoms with van der Waals surface area (Å²) >= 11 is 0. The van der Waals surface area contributed by atoms with Crippen LogP contribution in [0.2, 0.25) is 0 Å². The van der Waals surface area contributed by atoms with Crippen LogP contribution in [0.15, 0.2) is 36.4 Å². The first-order valence-electron chi connectivity index (χ1n) is 9.53. The van der Waals surface area contributed by atoms with Gasteiger partial charge in [0.1, 0.15) is 13.2 Å². The zero-order valence-corrected chi connectivity index (χ0v) is 15.3. The van der Waals surface area contributed by atoms with Crippen LogP contribution in [0, 0.1) is 0 Å². The fourth-order valence-corrected chi connectivity index (χ4v) is 3.62. The summed E-state index contributed by atoms with van der Waals surface area (Å²) in [4.78, 5) is 24.7. The van der Waals surface area contributed by atoms with Gasteiger partial charge in [-0.1, -0.05) is 12.1 Å². The summed E-state index contributed by atoms with van der Waals surface area (Å²) in [7, 11) is 0. The molecule has 0 bridgehead atoms. The van der Waals surface area contributed by atoms with Crippen LogP contribution in [-0.4, -0.2) is 24.9 Å². The molecule has 0 spiro atoms. The number of hydrogen-bond donors (Lipinski definition) is 1. The summed E-state index contributed by atoms with van der Waals surface area (Å²) in [5.74, 6) is 1.14. The van der Waals surface area contributed by atoms with Gasteiger partial charge in [0.25, 0.3) is 0 Å². The van der Waals surface area contributed by atoms with Crippen LogP contribution < -0.4 is 14.8 Å². The molecule has 27 heavy (non-hydrogen) atoms. The first kappa shape index (κ1) is 17.6. The molecule has 2 aromatic carbocycles. The van der Waals surface area contributed by atoms with Crippen molar-refractivity contribution in [3.05, 3.63) is 53.1 Å². The number of Topliss-reactive ketones (excluding diaryl/α,β-unsaturated/α-hetero) is 1. The first-order chi connectivity index (χ1) is 13.2. The van der Waals surface area contributed by atoms with Gasteiger partial charge in [0.2, 0.25) is 5.91 Å². The van der Waals surface area contributed by atoms with Crippen LogP contribution in [0.4, 0.5) is 5.69 Å². The Hall–Kier alpha value is -2.82. The fraction of sp³-hybridized carbons (Fsp3) is 0.364. The second-order valence-electron chi connectivity index (χ2n) is 7.02. The number of carbonyl (C=O) groups excluding carboxylic acids is 2. The maximum Gasteiger partial charge on any atom is 0.224 e. The lowest BCUT2D eigenvalue weighted by Gasteiger charge is -2.19. The molecule has 140 valence electrons. The van der Waals surface area contributed by atoms with Crippen molar-refractivity contribution in [2.45, 2.75) is 38.5 Å². The van der Waals surface area contributed by atoms with E-state index in [0.29, 0.717) is 36.0 Å². The third kappa shape index (κ3) is 4.13. The summed E-state index contributed by atoms with van der Waals surface area (Å²) in [6.45, 7) is 1.03. The largest absolute Gasteiger partial charge is 0.486 e. The number of fused-ring (bicyclic) bond motifs is 2. The predicted octanol–water partition coefficient (Wildman–Crippen LogP) is 3.94. The molecule has 0 radical (unpaired) electrons. The average molecular weight is 365 g/mol. The summed E-state index contributed by atoms with van der Waals surface area (Å²) in [6.07, 6.45) is 4.91. The van der Waals surface area contributed by atoms with Gasteiger partial charge in [0, 0.05) is 30.2 Å². The minimum atomic E-state index is -0.182. The molecule has 1 aliphatic carbocycles. The van der Waals surface area contributed by atoms with Gasteiger partial charge < -0.3 is 14.8 Å². The number of ketones is 1. The molecular weight excluding hydrogens is 342 g/mol. The smallest absolute Gasteiger partial charge is 0.224 e. The molecule has 2 aliphatic rings. The lowest BCUT2D eigenvalue weighted by atomic mass is 9.89. The molecule has 4 rings (SSSR count). The van der Waals surface area contributed by atoms with Gasteiger partial charge in [-0.05, 0) is 55.0 Å². The monoisotopic (exact) mass is 365 g/mol. The molecule has 0 saturated heterocycles. The highest BCUT2D eigenvalue weighted by Gasteiger charge is 2.15. The van der Waals surface area contributed by atoms with Gasteiger partial charge in [-0.25, -0.2) is 0 Å². The van der Waals surface area contributed by atoms with Crippen molar-refractivity contribution < 1.29 is 19.1 Å². The number of aryl methyl sites for hydroxylation is 2. The molecule has 0 saturated carbocycles. The van der Waals surface area contributed by atoms with Crippen LogP contribution in [0.3, 0.4) is 0 Å². The molecule has 1 amide bonds. The fourth-order valence-electron chi connectivity index (χ4n) is 3.62. The number of hydrogen-bond acceptors (Lipinski definition) is 4. The van der Waals surface area contributed by atoms with E-state index in [1.165, 1.54) is 24.0 Å². The molecule has 0 atom stereocenters. The molecule has 1 aliphatic heterocycles. The van der Waals surface area contributed by atoms with Crippen molar-refractivity contribution in [1.82, 2.24) is 0 Å². The van der Waals surface area contributed by atoms with E-state index in [2.05, 4.69) is 11.4 Å². The number of anilines is 1. The molecule has 0 fully saturated rings. The zero-order valence-electron chi connectivity index (χ0n) is 15.3. The number of rotatable bonds is 5. The molecule has 2 aromatic rings. The maximum atomic E-state index is 12.5. The van der Waals surface area contributed by atoms with E-state index in [1.54, 1.807) is 18.2 Å². The van der Waals surface area contributed by atoms with E-state index in [4.69, 9.17) is 9.47 Å². The van der Waals surface area contributed by atoms with Crippen molar-refractivity contribution in [3.8, 4) is 11.5 Å². The standard InChI is InChI=1S/C22H23NO4/c24-19(17-6-5-15-3-1-2-4-16(15)13-17)8-10-22(25)23-18-7-9-20-21(14-18)27-12-11-26-20/h5-7,9,13-14H,1-4,8,10-12H2,(H,23,25). The van der Waals surface area contributed by atoms with Crippen molar-refractivity contribution in [3.63, 3.8) is 0 Å². The lowest BCUT2D eigenvalue weighted by Crippen LogP contribution is -2.17. The highest BCUT2D eigenvalue weighted by molar-refractivity contribution is 6.00. The van der Waals surface area contributed by atoms with Gasteiger partial charge in [-0.15, -0.1) is 0 Å². The number of amides is 1. The number of ether oxygens (including phenoxy) is 2. The topological polar surface area (TPSA) is 64.6 Å². The molecule has 0 unspecified atom stereocenters. The molecule has 5 heteroatoms. The Labute approximate surface area is 158 Å². The van der Waals surface area contributed by atoms with Gasteiger partial charge in [-0.2, -0.15) is 0 Å². The number of nitrogens with one attached hydrogen (secondary N) is 1. The van der Waals surface area contributed by atoms with E-state index in [-0.39, 0.29) is 24.5 Å². The second-order valence-corrected chi connectivity index (χ2v) is 7.02. The molecule has 5 nitrogen and oxygen atoms in total. The van der Waals surface area contributed by atoms with Crippen LogP contribution in [-0.2, 0) is 17.6 Å². The first-order valence-corrected chi connectivity index (χ1v) is 9.53. The summed E-state index contributed by atoms with van der Waals surface area (Å²) in [6, 6.07) is 11.3. The third-order valence-corrected chi connectivity index (χ3v) is 5.08. The third-order valence-electron chi connectivity index (χ3n) is 5.08. The van der Waals surface area contributed by atoms with Crippen molar-refractivity contribution in [2.24, 2.45) is 0 Å². The van der Waals surface area contributed by atoms with E-state index in [1.807, 2.05) is 12.1 Å². The second kappa shape index (κ2) is 7.82. The lowest BCUT2D eigenvalue weighted by molar-refractivity contribution is -0.116. The quantitative estimate of drug-likeness (QED) is 0.815. The zero-order chi connectivity index (χ0) is 18.6. The summed E-state index contributed by atoms with van der Waals surface area (Å²) in [5, 5.41) is 2.82. The van der Waals surface area contributed by atoms with Crippen LogP contribution in [0.5, 0.6) is 11.5 Å². The van der Waals surface area contributed by atoms with E-state index in [9.17, 15) is 9.59 Å². The maximum absolute atomic E-state index is 12.5. The minimum absolute atomic E-state index is 0.0145. The van der Waals surface area contributed by atoms with E-state index in [0.717, 1.165) is 12.8 Å². The van der Waals surface area contributed by atoms with Crippen molar-refractivity contribution in [1.29, 1.82) is 0 Å². The van der Waals surface area contributed by atoms with Gasteiger partial charge in [-0.3, -0.25) is 9.59 Å². The van der Waals surface area contributed by atoms with E-state index < -0.39 is 0 Å². The normalized spacial score (nSPS) is 15.0. The highest BCUT2D eigenvalue weighted by atomic mass is 16.6. The average Bonchev–Trinajstić information content (AvgIpc) is 2.71. The highest BCUT2D eigenvalue weighted by Crippen LogP contribution is 2.32. The number of carbonyl (C=O) groups is 2. The Morgan fingerprint density at radius 3 is 2.48 bits per heavy atom.